The van der Waals surface area contributed by atoms with Gasteiger partial charge in [-0.3, -0.25) is 14.1 Å². The van der Waals surface area contributed by atoms with Crippen molar-refractivity contribution >= 4 is 22.1 Å². The third-order valence-corrected chi connectivity index (χ3v) is 10.1. The van der Waals surface area contributed by atoms with Gasteiger partial charge in [-0.15, -0.1) is 0 Å². The van der Waals surface area contributed by atoms with Crippen LogP contribution >= 0.6 is 0 Å². The van der Waals surface area contributed by atoms with E-state index in [0.717, 1.165) is 57.8 Å². The van der Waals surface area contributed by atoms with Crippen LogP contribution in [0.3, 0.4) is 0 Å². The highest BCUT2D eigenvalue weighted by Gasteiger charge is 2.46. The van der Waals surface area contributed by atoms with Crippen LogP contribution in [0.2, 0.25) is 0 Å². The first-order chi connectivity index (χ1) is 30.0. The summed E-state index contributed by atoms with van der Waals surface area (Å²) in [4.78, 5) is 25.4. The van der Waals surface area contributed by atoms with Crippen molar-refractivity contribution in [1.82, 2.24) is 0 Å². The van der Waals surface area contributed by atoms with Gasteiger partial charge in [0.1, 0.15) is 36.8 Å². The summed E-state index contributed by atoms with van der Waals surface area (Å²) in [6, 6.07) is 0. The lowest BCUT2D eigenvalue weighted by molar-refractivity contribution is -0.297. The molecule has 1 fully saturated rings. The molecular weight excluding hydrogens is 813 g/mol. The molecule has 350 valence electrons. The molecule has 0 aromatic rings. The SMILES string of the molecule is CC/C=C/C/C=C/C/C=C/C/C=C/C/C=C/CCCC(=O)OC[C@H](CO[C@H]1O[C@H](CS(=O)(=O)O)[C@@H](O)C(O)C1O)OC(=O)CCC/C=C/C/C=C/C/C=C/C/C=C/CCCCC. The van der Waals surface area contributed by atoms with Crippen LogP contribution in [0.1, 0.15) is 129 Å². The number of rotatable bonds is 35. The van der Waals surface area contributed by atoms with Gasteiger partial charge in [0.2, 0.25) is 0 Å². The van der Waals surface area contributed by atoms with Crippen LogP contribution in [-0.4, -0.2) is 96.0 Å². The summed E-state index contributed by atoms with van der Waals surface area (Å²) in [5.41, 5.74) is 0. The lowest BCUT2D eigenvalue weighted by Gasteiger charge is -2.40. The molecule has 0 bridgehead atoms. The second-order valence-electron chi connectivity index (χ2n) is 15.0. The fourth-order valence-electron chi connectivity index (χ4n) is 5.88. The van der Waals surface area contributed by atoms with E-state index < -0.39 is 71.2 Å². The van der Waals surface area contributed by atoms with Gasteiger partial charge in [-0.2, -0.15) is 8.42 Å². The maximum atomic E-state index is 12.8. The topological polar surface area (TPSA) is 186 Å². The maximum absolute atomic E-state index is 12.8. The number of hydrogen-bond donors (Lipinski definition) is 4. The van der Waals surface area contributed by atoms with Crippen molar-refractivity contribution in [2.24, 2.45) is 0 Å². The molecule has 0 aromatic heterocycles. The standard InChI is InChI=1S/C49H76O12S/c1-3-5-7-9-11-13-15-17-19-21-23-25-27-29-31-33-35-37-44(50)58-39-42(40-59-49-48(54)47(53)46(52)43(61-49)41-62(55,56)57)60-45(51)38-36-34-32-30-28-26-24-22-20-18-16-14-12-10-8-6-4-2/h5,7,11-14,17-20,23-26,29-32,42-43,46-49,52-54H,3-4,6,8-10,15-16,21-22,27-28,33-41H2,1-2H3,(H,55,56,57)/b7-5+,13-11+,14-12+,19-17+,20-18+,25-23+,26-24+,31-29+,32-30+/t42-,43-,46-,47?,48?,49+/m1/s1. The Bertz CT molecular complexity index is 1560. The Morgan fingerprint density at radius 1 is 0.565 bits per heavy atom. The maximum Gasteiger partial charge on any atom is 0.306 e. The molecule has 0 amide bonds. The molecule has 12 nitrogen and oxygen atoms in total. The molecule has 13 heteroatoms. The summed E-state index contributed by atoms with van der Waals surface area (Å²) in [7, 11) is -4.62. The fourth-order valence-corrected chi connectivity index (χ4v) is 6.57. The number of aliphatic hydroxyl groups excluding tert-OH is 3. The molecule has 0 spiro atoms. The predicted octanol–water partition coefficient (Wildman–Crippen LogP) is 9.22. The Morgan fingerprint density at radius 2 is 1.00 bits per heavy atom. The van der Waals surface area contributed by atoms with Gasteiger partial charge in [0.25, 0.3) is 10.1 Å². The quantitative estimate of drug-likeness (QED) is 0.0205. The number of ether oxygens (including phenoxy) is 4. The second-order valence-corrected chi connectivity index (χ2v) is 16.5. The zero-order chi connectivity index (χ0) is 45.5. The van der Waals surface area contributed by atoms with Crippen LogP contribution in [0.25, 0.3) is 0 Å². The smallest absolute Gasteiger partial charge is 0.306 e. The van der Waals surface area contributed by atoms with E-state index >= 15 is 0 Å². The average molecular weight is 889 g/mol. The van der Waals surface area contributed by atoms with E-state index in [2.05, 4.69) is 98.9 Å². The molecule has 6 atom stereocenters. The van der Waals surface area contributed by atoms with Gasteiger partial charge in [-0.1, -0.05) is 136 Å². The van der Waals surface area contributed by atoms with Crippen LogP contribution in [-0.2, 0) is 38.7 Å². The average Bonchev–Trinajstić information content (AvgIpc) is 3.24. The summed E-state index contributed by atoms with van der Waals surface area (Å²) < 4.78 is 53.9. The number of carbonyl (C=O) groups is 2. The molecule has 0 saturated carbocycles. The van der Waals surface area contributed by atoms with E-state index in [9.17, 15) is 37.9 Å². The van der Waals surface area contributed by atoms with Crippen LogP contribution in [0, 0.1) is 0 Å². The van der Waals surface area contributed by atoms with E-state index in [0.29, 0.717) is 25.7 Å². The van der Waals surface area contributed by atoms with E-state index in [1.54, 1.807) is 0 Å². The van der Waals surface area contributed by atoms with Crippen LogP contribution in [0.15, 0.2) is 109 Å². The minimum absolute atomic E-state index is 0.0691. The minimum atomic E-state index is -4.62. The highest BCUT2D eigenvalue weighted by molar-refractivity contribution is 7.85. The van der Waals surface area contributed by atoms with Gasteiger partial charge in [0.15, 0.2) is 12.4 Å². The molecule has 2 unspecified atom stereocenters. The summed E-state index contributed by atoms with van der Waals surface area (Å²) in [5.74, 6) is -2.15. The molecule has 1 aliphatic heterocycles. The molecule has 1 heterocycles. The fraction of sp³-hybridized carbons (Fsp3) is 0.592. The normalized spacial score (nSPS) is 20.9. The number of esters is 2. The Morgan fingerprint density at radius 3 is 1.45 bits per heavy atom. The summed E-state index contributed by atoms with van der Waals surface area (Å²) >= 11 is 0. The molecule has 4 N–H and O–H groups in total. The largest absolute Gasteiger partial charge is 0.462 e. The zero-order valence-corrected chi connectivity index (χ0v) is 38.0. The minimum Gasteiger partial charge on any atom is -0.462 e. The van der Waals surface area contributed by atoms with Crippen LogP contribution in [0.4, 0.5) is 0 Å². The highest BCUT2D eigenvalue weighted by atomic mass is 32.2. The Labute approximate surface area is 372 Å². The summed E-state index contributed by atoms with van der Waals surface area (Å²) in [6.45, 7) is 3.50. The van der Waals surface area contributed by atoms with Gasteiger partial charge in [-0.05, 0) is 89.9 Å². The van der Waals surface area contributed by atoms with Gasteiger partial charge in [0.05, 0.1) is 6.61 Å². The van der Waals surface area contributed by atoms with E-state index in [-0.39, 0.29) is 19.4 Å². The second kappa shape index (κ2) is 37.8. The summed E-state index contributed by atoms with van der Waals surface area (Å²) in [5, 5.41) is 30.9. The van der Waals surface area contributed by atoms with Crippen molar-refractivity contribution in [2.45, 2.75) is 166 Å². The zero-order valence-electron chi connectivity index (χ0n) is 37.2. The first-order valence-electron chi connectivity index (χ1n) is 22.4. The number of carbonyl (C=O) groups excluding carboxylic acids is 2. The first kappa shape index (κ1) is 56.3. The Kier molecular flexibility index (Phi) is 34.4. The number of hydrogen-bond acceptors (Lipinski definition) is 11. The van der Waals surface area contributed by atoms with Gasteiger partial charge in [-0.25, -0.2) is 0 Å². The monoisotopic (exact) mass is 889 g/mol. The van der Waals surface area contributed by atoms with E-state index in [1.165, 1.54) is 19.3 Å². The van der Waals surface area contributed by atoms with Gasteiger partial charge in [0, 0.05) is 12.8 Å². The number of aliphatic hydroxyl groups is 3. The Hall–Kier alpha value is -3.69. The van der Waals surface area contributed by atoms with Crippen molar-refractivity contribution in [3.05, 3.63) is 109 Å². The molecule has 1 rings (SSSR count). The van der Waals surface area contributed by atoms with Crippen LogP contribution < -0.4 is 0 Å². The lowest BCUT2D eigenvalue weighted by atomic mass is 10.00. The Balaban J connectivity index is 2.55. The number of unbranched alkanes of at least 4 members (excludes halogenated alkanes) is 5. The molecule has 0 aromatic carbocycles. The van der Waals surface area contributed by atoms with Crippen molar-refractivity contribution in [3.63, 3.8) is 0 Å². The van der Waals surface area contributed by atoms with Crippen molar-refractivity contribution in [1.29, 1.82) is 0 Å². The third-order valence-electron chi connectivity index (χ3n) is 9.34. The lowest BCUT2D eigenvalue weighted by Crippen LogP contribution is -2.60. The highest BCUT2D eigenvalue weighted by Crippen LogP contribution is 2.23. The summed E-state index contributed by atoms with van der Waals surface area (Å²) in [6.07, 6.45) is 42.9. The van der Waals surface area contributed by atoms with Crippen LogP contribution in [0.5, 0.6) is 0 Å². The van der Waals surface area contributed by atoms with E-state index in [1.807, 2.05) is 24.3 Å². The van der Waals surface area contributed by atoms with Crippen molar-refractivity contribution in [3.8, 4) is 0 Å². The van der Waals surface area contributed by atoms with Gasteiger partial charge >= 0.3 is 11.9 Å². The first-order valence-corrected chi connectivity index (χ1v) is 24.1. The molecule has 0 aliphatic carbocycles. The third kappa shape index (κ3) is 32.1. The molecular formula is C49H76O12S. The van der Waals surface area contributed by atoms with Crippen molar-refractivity contribution in [2.75, 3.05) is 19.0 Å². The number of allylic oxidation sites excluding steroid dienone is 18. The predicted molar refractivity (Wildman–Crippen MR) is 247 cm³/mol. The molecule has 62 heavy (non-hydrogen) atoms. The molecule has 1 saturated heterocycles. The van der Waals surface area contributed by atoms with Gasteiger partial charge < -0.3 is 34.3 Å². The molecule has 0 radical (unpaired) electrons. The molecule has 1 aliphatic rings. The van der Waals surface area contributed by atoms with Crippen molar-refractivity contribution < 1.29 is 56.8 Å². The van der Waals surface area contributed by atoms with E-state index in [4.69, 9.17) is 18.9 Å².